The zero-order valence-electron chi connectivity index (χ0n) is 9.92. The Morgan fingerprint density at radius 1 is 1.37 bits per heavy atom. The molecule has 0 saturated heterocycles. The van der Waals surface area contributed by atoms with Crippen molar-refractivity contribution in [3.05, 3.63) is 28.3 Å². The van der Waals surface area contributed by atoms with Crippen LogP contribution in [0.4, 0.5) is 13.2 Å². The standard InChI is InChI=1S/C11H10ClF3O4/c1-18-9-6(11(13,14)15)3-5(4-7(9)12)8(16)10(17)19-2/h3-4,8,16H,1-2H3. The SMILES string of the molecule is COC(=O)C(O)c1cc(Cl)c(OC)c(C(F)(F)F)c1. The van der Waals surface area contributed by atoms with Crippen molar-refractivity contribution in [1.29, 1.82) is 0 Å². The van der Waals surface area contributed by atoms with E-state index in [4.69, 9.17) is 11.6 Å². The summed E-state index contributed by atoms with van der Waals surface area (Å²) in [6, 6.07) is 1.60. The van der Waals surface area contributed by atoms with Crippen LogP contribution in [0.15, 0.2) is 12.1 Å². The van der Waals surface area contributed by atoms with Crippen molar-refractivity contribution in [1.82, 2.24) is 0 Å². The maximum absolute atomic E-state index is 12.8. The van der Waals surface area contributed by atoms with Crippen LogP contribution in [0.5, 0.6) is 5.75 Å². The van der Waals surface area contributed by atoms with Crippen LogP contribution in [-0.2, 0) is 15.7 Å². The molecule has 1 rings (SSSR count). The number of hydrogen-bond acceptors (Lipinski definition) is 4. The van der Waals surface area contributed by atoms with Gasteiger partial charge < -0.3 is 14.6 Å². The molecule has 0 aliphatic heterocycles. The van der Waals surface area contributed by atoms with Crippen molar-refractivity contribution >= 4 is 17.6 Å². The summed E-state index contributed by atoms with van der Waals surface area (Å²) in [6.45, 7) is 0. The summed E-state index contributed by atoms with van der Waals surface area (Å²) in [6.07, 6.45) is -6.59. The van der Waals surface area contributed by atoms with Gasteiger partial charge in [-0.05, 0) is 17.7 Å². The first-order chi connectivity index (χ1) is 8.72. The summed E-state index contributed by atoms with van der Waals surface area (Å²) >= 11 is 5.64. The molecule has 8 heteroatoms. The number of carbonyl (C=O) groups is 1. The molecular formula is C11H10ClF3O4. The highest BCUT2D eigenvalue weighted by Gasteiger charge is 2.37. The molecule has 0 fully saturated rings. The van der Waals surface area contributed by atoms with Gasteiger partial charge in [0.05, 0.1) is 24.8 Å². The average Bonchev–Trinajstić information content (AvgIpc) is 2.34. The molecular weight excluding hydrogens is 289 g/mol. The Kier molecular flexibility index (Phi) is 4.65. The molecule has 19 heavy (non-hydrogen) atoms. The van der Waals surface area contributed by atoms with E-state index >= 15 is 0 Å². The minimum absolute atomic E-state index is 0.329. The molecule has 106 valence electrons. The molecule has 1 unspecified atom stereocenters. The van der Waals surface area contributed by atoms with E-state index < -0.39 is 29.6 Å². The lowest BCUT2D eigenvalue weighted by Crippen LogP contribution is -2.15. The quantitative estimate of drug-likeness (QED) is 0.872. The zero-order valence-corrected chi connectivity index (χ0v) is 10.7. The normalized spacial score (nSPS) is 13.0. The molecule has 0 spiro atoms. The van der Waals surface area contributed by atoms with E-state index in [0.29, 0.717) is 6.07 Å². The minimum atomic E-state index is -4.74. The second-order valence-corrected chi connectivity index (χ2v) is 3.91. The Morgan fingerprint density at radius 3 is 2.37 bits per heavy atom. The summed E-state index contributed by atoms with van der Waals surface area (Å²) in [4.78, 5) is 11.1. The number of halogens is 4. The Morgan fingerprint density at radius 2 is 1.95 bits per heavy atom. The van der Waals surface area contributed by atoms with Crippen LogP contribution >= 0.6 is 11.6 Å². The third kappa shape index (κ3) is 3.30. The molecule has 1 aromatic carbocycles. The lowest BCUT2D eigenvalue weighted by atomic mass is 10.0. The van der Waals surface area contributed by atoms with Crippen molar-refractivity contribution in [3.63, 3.8) is 0 Å². The lowest BCUT2D eigenvalue weighted by molar-refractivity contribution is -0.151. The van der Waals surface area contributed by atoms with Crippen molar-refractivity contribution in [3.8, 4) is 5.75 Å². The van der Waals surface area contributed by atoms with Gasteiger partial charge in [-0.2, -0.15) is 13.2 Å². The molecule has 0 aromatic heterocycles. The fourth-order valence-electron chi connectivity index (χ4n) is 1.44. The number of rotatable bonds is 3. The molecule has 0 aliphatic carbocycles. The minimum Gasteiger partial charge on any atom is -0.495 e. The predicted octanol–water partition coefficient (Wildman–Crippen LogP) is 2.57. The number of methoxy groups -OCH3 is 2. The average molecular weight is 299 g/mol. The Hall–Kier alpha value is -1.47. The maximum Gasteiger partial charge on any atom is 0.420 e. The number of aliphatic hydroxyl groups excluding tert-OH is 1. The monoisotopic (exact) mass is 298 g/mol. The van der Waals surface area contributed by atoms with Gasteiger partial charge in [-0.3, -0.25) is 0 Å². The van der Waals surface area contributed by atoms with Crippen LogP contribution in [-0.4, -0.2) is 25.3 Å². The van der Waals surface area contributed by atoms with Crippen molar-refractivity contribution in [2.24, 2.45) is 0 Å². The number of esters is 1. The second-order valence-electron chi connectivity index (χ2n) is 3.51. The van der Waals surface area contributed by atoms with E-state index in [0.717, 1.165) is 20.3 Å². The van der Waals surface area contributed by atoms with Crippen LogP contribution < -0.4 is 4.74 Å². The molecule has 0 amide bonds. The van der Waals surface area contributed by atoms with Gasteiger partial charge in [0.25, 0.3) is 0 Å². The van der Waals surface area contributed by atoms with Crippen molar-refractivity contribution in [2.45, 2.75) is 12.3 Å². The molecule has 0 bridgehead atoms. The molecule has 0 heterocycles. The van der Waals surface area contributed by atoms with Gasteiger partial charge in [0.2, 0.25) is 0 Å². The molecule has 0 radical (unpaired) electrons. The lowest BCUT2D eigenvalue weighted by Gasteiger charge is -2.16. The first-order valence-electron chi connectivity index (χ1n) is 4.93. The van der Waals surface area contributed by atoms with E-state index in [-0.39, 0.29) is 10.6 Å². The van der Waals surface area contributed by atoms with Gasteiger partial charge in [-0.1, -0.05) is 11.6 Å². The van der Waals surface area contributed by atoms with Gasteiger partial charge in [0, 0.05) is 0 Å². The smallest absolute Gasteiger partial charge is 0.420 e. The van der Waals surface area contributed by atoms with Gasteiger partial charge in [0.15, 0.2) is 6.10 Å². The van der Waals surface area contributed by atoms with E-state index in [1.165, 1.54) is 0 Å². The van der Waals surface area contributed by atoms with Gasteiger partial charge >= 0.3 is 12.1 Å². The largest absolute Gasteiger partial charge is 0.495 e. The highest BCUT2D eigenvalue weighted by Crippen LogP contribution is 2.42. The molecule has 1 aromatic rings. The summed E-state index contributed by atoms with van der Waals surface area (Å²) in [5.74, 6) is -1.66. The number of aliphatic hydroxyl groups is 1. The third-order valence-corrected chi connectivity index (χ3v) is 2.60. The van der Waals surface area contributed by atoms with Crippen LogP contribution in [0.2, 0.25) is 5.02 Å². The van der Waals surface area contributed by atoms with Crippen molar-refractivity contribution < 1.29 is 32.5 Å². The number of ether oxygens (including phenoxy) is 2. The van der Waals surface area contributed by atoms with Crippen LogP contribution in [0, 0.1) is 0 Å². The van der Waals surface area contributed by atoms with Crippen LogP contribution in [0.1, 0.15) is 17.2 Å². The Labute approximate surface area is 111 Å². The fourth-order valence-corrected chi connectivity index (χ4v) is 1.74. The van der Waals surface area contributed by atoms with E-state index in [2.05, 4.69) is 9.47 Å². The molecule has 1 N–H and O–H groups in total. The summed E-state index contributed by atoms with van der Waals surface area (Å²) in [5.41, 5.74) is -1.51. The number of hydrogen-bond donors (Lipinski definition) is 1. The Bertz CT molecular complexity index is 488. The van der Waals surface area contributed by atoms with E-state index in [1.807, 2.05) is 0 Å². The summed E-state index contributed by atoms with van der Waals surface area (Å²) in [5, 5.41) is 9.16. The molecule has 0 aliphatic rings. The summed E-state index contributed by atoms with van der Waals surface area (Å²) < 4.78 is 47.2. The van der Waals surface area contributed by atoms with E-state index in [9.17, 15) is 23.1 Å². The molecule has 0 saturated carbocycles. The number of carbonyl (C=O) groups excluding carboxylic acids is 1. The van der Waals surface area contributed by atoms with Crippen LogP contribution in [0.3, 0.4) is 0 Å². The highest BCUT2D eigenvalue weighted by atomic mass is 35.5. The van der Waals surface area contributed by atoms with Crippen LogP contribution in [0.25, 0.3) is 0 Å². The first-order valence-corrected chi connectivity index (χ1v) is 5.30. The second kappa shape index (κ2) is 5.66. The van der Waals surface area contributed by atoms with E-state index in [1.54, 1.807) is 0 Å². The van der Waals surface area contributed by atoms with Crippen molar-refractivity contribution in [2.75, 3.05) is 14.2 Å². The fraction of sp³-hybridized carbons (Fsp3) is 0.364. The number of benzene rings is 1. The topological polar surface area (TPSA) is 55.8 Å². The zero-order chi connectivity index (χ0) is 14.8. The first kappa shape index (κ1) is 15.6. The predicted molar refractivity (Wildman–Crippen MR) is 60.0 cm³/mol. The third-order valence-electron chi connectivity index (χ3n) is 2.32. The molecule has 4 nitrogen and oxygen atoms in total. The van der Waals surface area contributed by atoms with Gasteiger partial charge in [-0.25, -0.2) is 4.79 Å². The van der Waals surface area contributed by atoms with Gasteiger partial charge in [0.1, 0.15) is 5.75 Å². The molecule has 1 atom stereocenters. The summed E-state index contributed by atoms with van der Waals surface area (Å²) in [7, 11) is 2.04. The maximum atomic E-state index is 12.8. The number of alkyl halides is 3. The van der Waals surface area contributed by atoms with Gasteiger partial charge in [-0.15, -0.1) is 0 Å². The highest BCUT2D eigenvalue weighted by molar-refractivity contribution is 6.32. The Balaban J connectivity index is 3.39.